The van der Waals surface area contributed by atoms with Gasteiger partial charge in [0.2, 0.25) is 0 Å². The maximum Gasteiger partial charge on any atom is 0.315 e. The Kier molecular flexibility index (Phi) is 3.38. The van der Waals surface area contributed by atoms with Gasteiger partial charge in [0.05, 0.1) is 5.02 Å². The van der Waals surface area contributed by atoms with Gasteiger partial charge in [0.15, 0.2) is 0 Å². The number of benzene rings is 1. The molecule has 72 valence electrons. The summed E-state index contributed by atoms with van der Waals surface area (Å²) in [5.41, 5.74) is 0.578. The van der Waals surface area contributed by atoms with Crippen molar-refractivity contribution in [2.45, 2.75) is 6.42 Å². The second kappa shape index (κ2) is 4.54. The van der Waals surface area contributed by atoms with E-state index in [4.69, 9.17) is 21.8 Å². The van der Waals surface area contributed by atoms with E-state index in [-0.39, 0.29) is 17.2 Å². The third-order valence-corrected chi connectivity index (χ3v) is 1.72. The van der Waals surface area contributed by atoms with E-state index in [0.29, 0.717) is 5.56 Å². The Hall–Kier alpha value is -1.66. The Morgan fingerprint density at radius 3 is 2.79 bits per heavy atom. The highest BCUT2D eigenvalue weighted by Gasteiger charge is 1.97. The number of carboxylic acid groups (broad SMARTS) is 1. The lowest BCUT2D eigenvalue weighted by Crippen LogP contribution is -1.90. The largest absolute Gasteiger partial charge is 0.506 e. The summed E-state index contributed by atoms with van der Waals surface area (Å²) < 4.78 is 0. The average molecular weight is 211 g/mol. The van der Waals surface area contributed by atoms with Gasteiger partial charge in [-0.1, -0.05) is 23.4 Å². The van der Waals surface area contributed by atoms with Crippen LogP contribution in [0.3, 0.4) is 0 Å². The summed E-state index contributed by atoms with van der Waals surface area (Å²) in [7, 11) is 0. The lowest BCUT2D eigenvalue weighted by atomic mass is 10.2. The van der Waals surface area contributed by atoms with Crippen LogP contribution < -0.4 is 0 Å². The summed E-state index contributed by atoms with van der Waals surface area (Å²) in [6, 6.07) is 4.45. The van der Waals surface area contributed by atoms with Crippen molar-refractivity contribution in [1.82, 2.24) is 0 Å². The first kappa shape index (κ1) is 10.4. The highest BCUT2D eigenvalue weighted by atomic mass is 35.5. The summed E-state index contributed by atoms with van der Waals surface area (Å²) in [5, 5.41) is 17.6. The molecular formula is C10H7ClO3. The molecule has 0 fully saturated rings. The highest BCUT2D eigenvalue weighted by molar-refractivity contribution is 6.32. The fraction of sp³-hybridized carbons (Fsp3) is 0.100. The zero-order chi connectivity index (χ0) is 10.6. The molecule has 0 heterocycles. The Labute approximate surface area is 85.9 Å². The number of carboxylic acids is 1. The molecule has 0 aliphatic heterocycles. The van der Waals surface area contributed by atoms with E-state index in [1.807, 2.05) is 0 Å². The molecule has 1 aromatic rings. The molecule has 0 aliphatic rings. The number of phenols is 1. The van der Waals surface area contributed by atoms with Crippen LogP contribution in [0.1, 0.15) is 12.0 Å². The van der Waals surface area contributed by atoms with Gasteiger partial charge in [0.25, 0.3) is 0 Å². The first-order chi connectivity index (χ1) is 6.59. The number of phenolic OH excluding ortho intramolecular Hbond substituents is 1. The number of rotatable bonds is 1. The third-order valence-electron chi connectivity index (χ3n) is 1.42. The minimum atomic E-state index is -0.970. The second-order valence-corrected chi connectivity index (χ2v) is 2.95. The first-order valence-corrected chi connectivity index (χ1v) is 4.16. The number of aliphatic carboxylic acids is 1. The van der Waals surface area contributed by atoms with Gasteiger partial charge < -0.3 is 10.2 Å². The Morgan fingerprint density at radius 1 is 1.50 bits per heavy atom. The average Bonchev–Trinajstić information content (AvgIpc) is 2.10. The highest BCUT2D eigenvalue weighted by Crippen LogP contribution is 2.22. The van der Waals surface area contributed by atoms with Crippen LogP contribution in [0, 0.1) is 11.8 Å². The smallest absolute Gasteiger partial charge is 0.315 e. The van der Waals surface area contributed by atoms with Crippen molar-refractivity contribution in [3.05, 3.63) is 28.8 Å². The molecule has 2 N–H and O–H groups in total. The van der Waals surface area contributed by atoms with Crippen molar-refractivity contribution in [2.75, 3.05) is 0 Å². The number of aromatic hydroxyl groups is 1. The van der Waals surface area contributed by atoms with Crippen LogP contribution in [0.5, 0.6) is 5.75 Å². The monoisotopic (exact) mass is 210 g/mol. The van der Waals surface area contributed by atoms with Gasteiger partial charge in [-0.15, -0.1) is 0 Å². The molecule has 0 unspecified atom stereocenters. The zero-order valence-electron chi connectivity index (χ0n) is 7.12. The number of halogens is 1. The lowest BCUT2D eigenvalue weighted by molar-refractivity contribution is -0.135. The Bertz CT molecular complexity index is 415. The summed E-state index contributed by atoms with van der Waals surface area (Å²) in [6.45, 7) is 0. The molecule has 0 aliphatic carbocycles. The minimum Gasteiger partial charge on any atom is -0.506 e. The molecule has 0 saturated carbocycles. The van der Waals surface area contributed by atoms with Crippen LogP contribution in [0.2, 0.25) is 5.02 Å². The molecule has 1 aromatic carbocycles. The van der Waals surface area contributed by atoms with Crippen molar-refractivity contribution in [1.29, 1.82) is 0 Å². The van der Waals surface area contributed by atoms with E-state index in [9.17, 15) is 4.79 Å². The molecule has 0 amide bonds. The zero-order valence-corrected chi connectivity index (χ0v) is 7.88. The summed E-state index contributed by atoms with van der Waals surface area (Å²) in [4.78, 5) is 10.1. The van der Waals surface area contributed by atoms with E-state index < -0.39 is 5.97 Å². The van der Waals surface area contributed by atoms with Crippen LogP contribution in [-0.2, 0) is 4.79 Å². The van der Waals surface area contributed by atoms with Gasteiger partial charge in [0, 0.05) is 5.56 Å². The van der Waals surface area contributed by atoms with Crippen molar-refractivity contribution in [3.8, 4) is 17.6 Å². The third kappa shape index (κ3) is 3.00. The van der Waals surface area contributed by atoms with Crippen molar-refractivity contribution >= 4 is 17.6 Å². The van der Waals surface area contributed by atoms with Crippen LogP contribution in [0.25, 0.3) is 0 Å². The number of hydrogen-bond donors (Lipinski definition) is 2. The quantitative estimate of drug-likeness (QED) is 0.696. The molecule has 3 nitrogen and oxygen atoms in total. The van der Waals surface area contributed by atoms with Crippen LogP contribution >= 0.6 is 11.6 Å². The predicted molar refractivity (Wildman–Crippen MR) is 52.2 cm³/mol. The maximum atomic E-state index is 10.1. The minimum absolute atomic E-state index is 0.0181. The molecule has 0 radical (unpaired) electrons. The number of carbonyl (C=O) groups is 1. The normalized spacial score (nSPS) is 8.93. The van der Waals surface area contributed by atoms with E-state index in [1.54, 1.807) is 6.07 Å². The van der Waals surface area contributed by atoms with Crippen LogP contribution in [0.15, 0.2) is 18.2 Å². The molecule has 0 aromatic heterocycles. The van der Waals surface area contributed by atoms with Crippen LogP contribution in [0.4, 0.5) is 0 Å². The van der Waals surface area contributed by atoms with E-state index in [0.717, 1.165) is 0 Å². The maximum absolute atomic E-state index is 10.1. The topological polar surface area (TPSA) is 57.5 Å². The predicted octanol–water partition coefficient (Wildman–Crippen LogP) is 1.87. The molecular weight excluding hydrogens is 204 g/mol. The van der Waals surface area contributed by atoms with Gasteiger partial charge in [-0.05, 0) is 18.2 Å². The van der Waals surface area contributed by atoms with Gasteiger partial charge in [-0.25, -0.2) is 0 Å². The number of hydrogen-bond acceptors (Lipinski definition) is 2. The molecule has 4 heteroatoms. The summed E-state index contributed by atoms with van der Waals surface area (Å²) in [5.74, 6) is 4.09. The Morgan fingerprint density at radius 2 is 2.21 bits per heavy atom. The molecule has 0 atom stereocenters. The second-order valence-electron chi connectivity index (χ2n) is 2.54. The molecule has 14 heavy (non-hydrogen) atoms. The van der Waals surface area contributed by atoms with Crippen LogP contribution in [-0.4, -0.2) is 16.2 Å². The van der Waals surface area contributed by atoms with Gasteiger partial charge in [-0.2, -0.15) is 0 Å². The van der Waals surface area contributed by atoms with E-state index >= 15 is 0 Å². The molecule has 0 saturated heterocycles. The first-order valence-electron chi connectivity index (χ1n) is 3.79. The van der Waals surface area contributed by atoms with Gasteiger partial charge in [-0.3, -0.25) is 4.79 Å². The Balaban J connectivity index is 2.81. The van der Waals surface area contributed by atoms with E-state index in [1.165, 1.54) is 12.1 Å². The molecule has 1 rings (SSSR count). The fourth-order valence-corrected chi connectivity index (χ4v) is 0.987. The van der Waals surface area contributed by atoms with E-state index in [2.05, 4.69) is 11.8 Å². The van der Waals surface area contributed by atoms with Crippen molar-refractivity contribution < 1.29 is 15.0 Å². The standard InChI is InChI=1S/C10H7ClO3/c11-8-6-7(4-5-9(8)12)2-1-3-10(13)14/h4-6,12H,3H2,(H,13,14). The SMILES string of the molecule is O=C(O)CC#Cc1ccc(O)c(Cl)c1. The van der Waals surface area contributed by atoms with Gasteiger partial charge in [0.1, 0.15) is 12.2 Å². The van der Waals surface area contributed by atoms with Gasteiger partial charge >= 0.3 is 5.97 Å². The fourth-order valence-electron chi connectivity index (χ4n) is 0.807. The lowest BCUT2D eigenvalue weighted by Gasteiger charge is -1.95. The summed E-state index contributed by atoms with van der Waals surface area (Å²) >= 11 is 5.62. The van der Waals surface area contributed by atoms with Crippen molar-refractivity contribution in [3.63, 3.8) is 0 Å². The molecule has 0 spiro atoms. The molecule has 0 bridgehead atoms. The van der Waals surface area contributed by atoms with Crippen molar-refractivity contribution in [2.24, 2.45) is 0 Å². The summed E-state index contributed by atoms with van der Waals surface area (Å²) in [6.07, 6.45) is -0.210.